The molecule has 0 rings (SSSR count). The minimum atomic E-state index is -1.06. The van der Waals surface area contributed by atoms with Crippen LogP contribution in [0.3, 0.4) is 0 Å². The predicted octanol–water partition coefficient (Wildman–Crippen LogP) is 1.05. The summed E-state index contributed by atoms with van der Waals surface area (Å²) in [5.41, 5.74) is 4.71. The van der Waals surface area contributed by atoms with Gasteiger partial charge in [0.05, 0.1) is 0 Å². The number of carbonyl (C=O) groups excluding carboxylic acids is 1. The van der Waals surface area contributed by atoms with E-state index in [-0.39, 0.29) is 6.54 Å². The van der Waals surface area contributed by atoms with E-state index >= 15 is 0 Å². The lowest BCUT2D eigenvalue weighted by Gasteiger charge is -2.29. The molecule has 100 valence electrons. The summed E-state index contributed by atoms with van der Waals surface area (Å²) in [6, 6.07) is -0.920. The number of aliphatic carboxylic acids is 1. The van der Waals surface area contributed by atoms with Gasteiger partial charge in [0.15, 0.2) is 0 Å². The number of carboxylic acids is 1. The number of carbonyl (C=O) groups is 2. The van der Waals surface area contributed by atoms with Crippen molar-refractivity contribution in [1.29, 1.82) is 0 Å². The van der Waals surface area contributed by atoms with Gasteiger partial charge in [-0.25, -0.2) is 9.59 Å². The molecular weight excluding hydrogens is 224 g/mol. The normalized spacial score (nSPS) is 13.0. The molecule has 0 bridgehead atoms. The first-order valence-corrected chi connectivity index (χ1v) is 5.61. The maximum absolute atomic E-state index is 11.8. The van der Waals surface area contributed by atoms with Crippen molar-refractivity contribution >= 4 is 12.1 Å². The van der Waals surface area contributed by atoms with Crippen molar-refractivity contribution in [3.8, 4) is 0 Å². The molecule has 0 heterocycles. The highest BCUT2D eigenvalue weighted by atomic mass is 16.6. The van der Waals surface area contributed by atoms with Crippen LogP contribution in [0.5, 0.6) is 0 Å². The zero-order valence-electron chi connectivity index (χ0n) is 10.9. The third kappa shape index (κ3) is 6.11. The summed E-state index contributed by atoms with van der Waals surface area (Å²) in [6.07, 6.45) is -0.0857. The van der Waals surface area contributed by atoms with Gasteiger partial charge in [-0.15, -0.1) is 0 Å². The second-order valence-corrected chi connectivity index (χ2v) is 4.83. The molecule has 0 aromatic heterocycles. The van der Waals surface area contributed by atoms with E-state index in [4.69, 9.17) is 15.6 Å². The van der Waals surface area contributed by atoms with E-state index in [0.717, 1.165) is 0 Å². The Bertz CT molecular complexity index is 273. The Kier molecular flexibility index (Phi) is 5.95. The summed E-state index contributed by atoms with van der Waals surface area (Å²) in [5.74, 6) is -1.06. The number of rotatable bonds is 5. The first-order chi connectivity index (χ1) is 7.69. The summed E-state index contributed by atoms with van der Waals surface area (Å²) in [4.78, 5) is 23.9. The molecular formula is C11H22N2O4. The fourth-order valence-electron chi connectivity index (χ4n) is 1.16. The lowest BCUT2D eigenvalue weighted by molar-refractivity contribution is -0.142. The van der Waals surface area contributed by atoms with Gasteiger partial charge in [0.2, 0.25) is 0 Å². The van der Waals surface area contributed by atoms with Gasteiger partial charge in [-0.05, 0) is 40.7 Å². The van der Waals surface area contributed by atoms with E-state index in [0.29, 0.717) is 13.0 Å². The molecule has 1 atom stereocenters. The topological polar surface area (TPSA) is 92.9 Å². The highest BCUT2D eigenvalue weighted by molar-refractivity contribution is 5.79. The Labute approximate surface area is 102 Å². The quantitative estimate of drug-likeness (QED) is 0.756. The Morgan fingerprint density at radius 3 is 2.29 bits per heavy atom. The largest absolute Gasteiger partial charge is 0.480 e. The zero-order valence-corrected chi connectivity index (χ0v) is 10.9. The lowest BCUT2D eigenvalue weighted by Crippen LogP contribution is -2.46. The van der Waals surface area contributed by atoms with Gasteiger partial charge in [0.1, 0.15) is 11.6 Å². The molecule has 0 aromatic rings. The molecule has 0 aliphatic heterocycles. The van der Waals surface area contributed by atoms with Crippen molar-refractivity contribution in [1.82, 2.24) is 4.90 Å². The minimum absolute atomic E-state index is 0.277. The van der Waals surface area contributed by atoms with Crippen molar-refractivity contribution in [3.05, 3.63) is 0 Å². The van der Waals surface area contributed by atoms with E-state index in [1.165, 1.54) is 11.8 Å². The van der Waals surface area contributed by atoms with Crippen LogP contribution in [0, 0.1) is 0 Å². The predicted molar refractivity (Wildman–Crippen MR) is 63.7 cm³/mol. The maximum Gasteiger partial charge on any atom is 0.411 e. The summed E-state index contributed by atoms with van der Waals surface area (Å²) in [7, 11) is 0. The van der Waals surface area contributed by atoms with Crippen molar-refractivity contribution < 1.29 is 19.4 Å². The van der Waals surface area contributed by atoms with Gasteiger partial charge >= 0.3 is 12.1 Å². The number of nitrogens with two attached hydrogens (primary N) is 1. The average Bonchev–Trinajstić information content (AvgIpc) is 2.15. The van der Waals surface area contributed by atoms with E-state index < -0.39 is 23.7 Å². The Morgan fingerprint density at radius 1 is 1.41 bits per heavy atom. The lowest BCUT2D eigenvalue weighted by atomic mass is 10.2. The summed E-state index contributed by atoms with van der Waals surface area (Å²) in [6.45, 7) is 7.32. The Hall–Kier alpha value is -1.30. The molecule has 3 N–H and O–H groups in total. The third-order valence-electron chi connectivity index (χ3n) is 2.06. The monoisotopic (exact) mass is 246 g/mol. The highest BCUT2D eigenvalue weighted by Gasteiger charge is 2.29. The van der Waals surface area contributed by atoms with Crippen molar-refractivity contribution in [2.24, 2.45) is 5.73 Å². The van der Waals surface area contributed by atoms with Gasteiger partial charge in [-0.2, -0.15) is 0 Å². The van der Waals surface area contributed by atoms with Gasteiger partial charge in [-0.1, -0.05) is 0 Å². The molecule has 6 heteroatoms. The molecule has 0 saturated heterocycles. The zero-order chi connectivity index (χ0) is 13.6. The van der Waals surface area contributed by atoms with Gasteiger partial charge in [0.25, 0.3) is 0 Å². The van der Waals surface area contributed by atoms with Crippen LogP contribution in [0.4, 0.5) is 4.79 Å². The van der Waals surface area contributed by atoms with Crippen molar-refractivity contribution in [3.63, 3.8) is 0 Å². The van der Waals surface area contributed by atoms with Crippen LogP contribution in [-0.2, 0) is 9.53 Å². The maximum atomic E-state index is 11.8. The number of nitrogens with zero attached hydrogens (tertiary/aromatic N) is 1. The van der Waals surface area contributed by atoms with E-state index in [1.54, 1.807) is 20.8 Å². The fourth-order valence-corrected chi connectivity index (χ4v) is 1.16. The van der Waals surface area contributed by atoms with Crippen molar-refractivity contribution in [2.75, 3.05) is 13.1 Å². The van der Waals surface area contributed by atoms with Crippen LogP contribution in [0.25, 0.3) is 0 Å². The van der Waals surface area contributed by atoms with Crippen molar-refractivity contribution in [2.45, 2.75) is 45.8 Å². The summed E-state index contributed by atoms with van der Waals surface area (Å²) < 4.78 is 5.15. The average molecular weight is 246 g/mol. The standard InChI is InChI=1S/C11H22N2O4/c1-8(9(14)15)13(7-5-6-12)10(16)17-11(2,3)4/h8H,5-7,12H2,1-4H3,(H,14,15)/t8-/m1/s1. The molecule has 17 heavy (non-hydrogen) atoms. The van der Waals surface area contributed by atoms with Crippen LogP contribution >= 0.6 is 0 Å². The molecule has 0 aliphatic rings. The summed E-state index contributed by atoms with van der Waals surface area (Å²) in [5, 5.41) is 8.92. The second-order valence-electron chi connectivity index (χ2n) is 4.83. The molecule has 0 radical (unpaired) electrons. The van der Waals surface area contributed by atoms with Crippen LogP contribution in [-0.4, -0.2) is 46.8 Å². The molecule has 0 aromatic carbocycles. The van der Waals surface area contributed by atoms with E-state index in [2.05, 4.69) is 0 Å². The second kappa shape index (κ2) is 6.44. The first kappa shape index (κ1) is 15.7. The smallest absolute Gasteiger partial charge is 0.411 e. The van der Waals surface area contributed by atoms with Gasteiger partial charge in [0, 0.05) is 6.54 Å². The Balaban J connectivity index is 4.67. The number of hydrogen-bond acceptors (Lipinski definition) is 4. The summed E-state index contributed by atoms with van der Waals surface area (Å²) >= 11 is 0. The first-order valence-electron chi connectivity index (χ1n) is 5.61. The van der Waals surface area contributed by atoms with Crippen LogP contribution in [0.2, 0.25) is 0 Å². The third-order valence-corrected chi connectivity index (χ3v) is 2.06. The van der Waals surface area contributed by atoms with Crippen LogP contribution in [0.1, 0.15) is 34.1 Å². The van der Waals surface area contributed by atoms with E-state index in [1.807, 2.05) is 0 Å². The number of ether oxygens (including phenoxy) is 1. The molecule has 0 spiro atoms. The molecule has 1 amide bonds. The highest BCUT2D eigenvalue weighted by Crippen LogP contribution is 2.12. The van der Waals surface area contributed by atoms with Gasteiger partial charge < -0.3 is 15.6 Å². The SMILES string of the molecule is C[C@H](C(=O)O)N(CCCN)C(=O)OC(C)(C)C. The van der Waals surface area contributed by atoms with Crippen LogP contribution < -0.4 is 5.73 Å². The number of amides is 1. The molecule has 0 saturated carbocycles. The number of hydrogen-bond donors (Lipinski definition) is 2. The molecule has 0 unspecified atom stereocenters. The number of carboxylic acid groups (broad SMARTS) is 1. The minimum Gasteiger partial charge on any atom is -0.480 e. The Morgan fingerprint density at radius 2 is 1.94 bits per heavy atom. The fraction of sp³-hybridized carbons (Fsp3) is 0.818. The van der Waals surface area contributed by atoms with Gasteiger partial charge in [-0.3, -0.25) is 4.90 Å². The van der Waals surface area contributed by atoms with Crippen LogP contribution in [0.15, 0.2) is 0 Å². The molecule has 0 fully saturated rings. The molecule has 6 nitrogen and oxygen atoms in total. The molecule has 0 aliphatic carbocycles. The van der Waals surface area contributed by atoms with E-state index in [9.17, 15) is 9.59 Å².